The molecule has 3 rings (SSSR count). The van der Waals surface area contributed by atoms with Gasteiger partial charge < -0.3 is 10.1 Å². The zero-order chi connectivity index (χ0) is 11.7. The standard InChI is InChI=1S/C14H20N2O/c1-10(12-4-2-3-8-15-12)16-13-7-9-17-14(13)11-5-6-11/h2-4,8,10-11,13-14,16H,5-7,9H2,1H3. The summed E-state index contributed by atoms with van der Waals surface area (Å²) < 4.78 is 5.84. The number of aromatic nitrogens is 1. The average molecular weight is 232 g/mol. The van der Waals surface area contributed by atoms with E-state index in [1.807, 2.05) is 18.3 Å². The quantitative estimate of drug-likeness (QED) is 0.865. The van der Waals surface area contributed by atoms with E-state index in [0.717, 1.165) is 24.6 Å². The maximum absolute atomic E-state index is 5.84. The van der Waals surface area contributed by atoms with Crippen molar-refractivity contribution < 1.29 is 4.74 Å². The number of nitrogens with zero attached hydrogens (tertiary/aromatic N) is 1. The van der Waals surface area contributed by atoms with Gasteiger partial charge in [0.25, 0.3) is 0 Å². The van der Waals surface area contributed by atoms with Crippen LogP contribution in [-0.2, 0) is 4.74 Å². The van der Waals surface area contributed by atoms with E-state index >= 15 is 0 Å². The molecule has 0 amide bonds. The lowest BCUT2D eigenvalue weighted by Crippen LogP contribution is -2.39. The lowest BCUT2D eigenvalue weighted by molar-refractivity contribution is 0.0792. The molecule has 92 valence electrons. The van der Waals surface area contributed by atoms with Gasteiger partial charge >= 0.3 is 0 Å². The highest BCUT2D eigenvalue weighted by atomic mass is 16.5. The van der Waals surface area contributed by atoms with E-state index in [-0.39, 0.29) is 0 Å². The van der Waals surface area contributed by atoms with Crippen LogP contribution in [0, 0.1) is 5.92 Å². The van der Waals surface area contributed by atoms with Crippen LogP contribution in [-0.4, -0.2) is 23.7 Å². The molecule has 3 atom stereocenters. The third-order valence-corrected chi connectivity index (χ3v) is 3.82. The third kappa shape index (κ3) is 2.50. The predicted molar refractivity (Wildman–Crippen MR) is 66.7 cm³/mol. The lowest BCUT2D eigenvalue weighted by atomic mass is 10.0. The van der Waals surface area contributed by atoms with E-state index in [1.54, 1.807) is 0 Å². The normalized spacial score (nSPS) is 30.4. The summed E-state index contributed by atoms with van der Waals surface area (Å²) in [5.41, 5.74) is 1.12. The largest absolute Gasteiger partial charge is 0.376 e. The first-order chi connectivity index (χ1) is 8.34. The van der Waals surface area contributed by atoms with Crippen molar-refractivity contribution in [2.45, 2.75) is 44.4 Å². The third-order valence-electron chi connectivity index (χ3n) is 3.82. The zero-order valence-electron chi connectivity index (χ0n) is 10.3. The molecule has 1 aromatic heterocycles. The fourth-order valence-corrected chi connectivity index (χ4v) is 2.72. The molecule has 1 N–H and O–H groups in total. The minimum absolute atomic E-state index is 0.309. The Morgan fingerprint density at radius 2 is 2.24 bits per heavy atom. The summed E-state index contributed by atoms with van der Waals surface area (Å²) in [7, 11) is 0. The Morgan fingerprint density at radius 3 is 2.94 bits per heavy atom. The smallest absolute Gasteiger partial charge is 0.0757 e. The Kier molecular flexibility index (Phi) is 3.12. The minimum Gasteiger partial charge on any atom is -0.376 e. The van der Waals surface area contributed by atoms with Crippen LogP contribution in [0.4, 0.5) is 0 Å². The van der Waals surface area contributed by atoms with E-state index in [9.17, 15) is 0 Å². The topological polar surface area (TPSA) is 34.1 Å². The molecule has 3 unspecified atom stereocenters. The maximum Gasteiger partial charge on any atom is 0.0757 e. The summed E-state index contributed by atoms with van der Waals surface area (Å²) in [6, 6.07) is 6.91. The number of nitrogens with one attached hydrogen (secondary N) is 1. The number of hydrogen-bond donors (Lipinski definition) is 1. The molecule has 3 nitrogen and oxygen atoms in total. The monoisotopic (exact) mass is 232 g/mol. The van der Waals surface area contributed by atoms with Crippen molar-refractivity contribution in [2.24, 2.45) is 5.92 Å². The number of pyridine rings is 1. The van der Waals surface area contributed by atoms with E-state index in [1.165, 1.54) is 12.8 Å². The first-order valence-corrected chi connectivity index (χ1v) is 6.63. The van der Waals surface area contributed by atoms with Crippen LogP contribution in [0.25, 0.3) is 0 Å². The summed E-state index contributed by atoms with van der Waals surface area (Å²) in [4.78, 5) is 4.40. The second-order valence-electron chi connectivity index (χ2n) is 5.21. The number of ether oxygens (including phenoxy) is 1. The van der Waals surface area contributed by atoms with E-state index < -0.39 is 0 Å². The van der Waals surface area contributed by atoms with Crippen LogP contribution in [0.5, 0.6) is 0 Å². The zero-order valence-corrected chi connectivity index (χ0v) is 10.3. The van der Waals surface area contributed by atoms with Gasteiger partial charge in [-0.2, -0.15) is 0 Å². The van der Waals surface area contributed by atoms with Crippen LogP contribution in [0.15, 0.2) is 24.4 Å². The molecule has 0 spiro atoms. The Hall–Kier alpha value is -0.930. The van der Waals surface area contributed by atoms with Gasteiger partial charge in [0.15, 0.2) is 0 Å². The van der Waals surface area contributed by atoms with Crippen molar-refractivity contribution in [3.8, 4) is 0 Å². The average Bonchev–Trinajstić information content (AvgIpc) is 3.11. The highest BCUT2D eigenvalue weighted by molar-refractivity contribution is 5.08. The second-order valence-corrected chi connectivity index (χ2v) is 5.21. The van der Waals surface area contributed by atoms with Crippen molar-refractivity contribution >= 4 is 0 Å². The van der Waals surface area contributed by atoms with Crippen molar-refractivity contribution in [3.05, 3.63) is 30.1 Å². The van der Waals surface area contributed by atoms with Crippen LogP contribution in [0.2, 0.25) is 0 Å². The Bertz CT molecular complexity index is 364. The van der Waals surface area contributed by atoms with Crippen molar-refractivity contribution in [3.63, 3.8) is 0 Å². The minimum atomic E-state index is 0.309. The summed E-state index contributed by atoms with van der Waals surface area (Å²) in [6.45, 7) is 3.10. The van der Waals surface area contributed by atoms with Gasteiger partial charge in [0.05, 0.1) is 11.8 Å². The number of rotatable bonds is 4. The fourth-order valence-electron chi connectivity index (χ4n) is 2.72. The molecule has 2 aliphatic rings. The lowest BCUT2D eigenvalue weighted by Gasteiger charge is -2.23. The van der Waals surface area contributed by atoms with Gasteiger partial charge in [-0.1, -0.05) is 6.07 Å². The summed E-state index contributed by atoms with van der Waals surface area (Å²) in [6.07, 6.45) is 6.14. The van der Waals surface area contributed by atoms with E-state index in [4.69, 9.17) is 4.74 Å². The van der Waals surface area contributed by atoms with E-state index in [2.05, 4.69) is 23.3 Å². The van der Waals surface area contributed by atoms with Crippen LogP contribution < -0.4 is 5.32 Å². The molecule has 0 radical (unpaired) electrons. The molecule has 0 aromatic carbocycles. The van der Waals surface area contributed by atoms with Crippen molar-refractivity contribution in [2.75, 3.05) is 6.61 Å². The van der Waals surface area contributed by atoms with Crippen molar-refractivity contribution in [1.29, 1.82) is 0 Å². The molecule has 2 heterocycles. The summed E-state index contributed by atoms with van der Waals surface area (Å²) in [5, 5.41) is 3.68. The maximum atomic E-state index is 5.84. The number of hydrogen-bond acceptors (Lipinski definition) is 3. The van der Waals surface area contributed by atoms with Crippen LogP contribution in [0.3, 0.4) is 0 Å². The molecule has 1 aliphatic heterocycles. The molecule has 1 saturated heterocycles. The molecular weight excluding hydrogens is 212 g/mol. The van der Waals surface area contributed by atoms with Crippen molar-refractivity contribution in [1.82, 2.24) is 10.3 Å². The van der Waals surface area contributed by atoms with Gasteiger partial charge in [0.1, 0.15) is 0 Å². The SMILES string of the molecule is CC(NC1CCOC1C1CC1)c1ccccn1. The van der Waals surface area contributed by atoms with Gasteiger partial charge in [-0.25, -0.2) is 0 Å². The Balaban J connectivity index is 1.62. The van der Waals surface area contributed by atoms with Gasteiger partial charge in [0.2, 0.25) is 0 Å². The van der Waals surface area contributed by atoms with Gasteiger partial charge in [-0.3, -0.25) is 4.98 Å². The molecule has 2 fully saturated rings. The molecule has 1 aliphatic carbocycles. The highest BCUT2D eigenvalue weighted by Crippen LogP contribution is 2.39. The highest BCUT2D eigenvalue weighted by Gasteiger charge is 2.40. The summed E-state index contributed by atoms with van der Waals surface area (Å²) >= 11 is 0. The molecule has 0 bridgehead atoms. The Morgan fingerprint density at radius 1 is 1.35 bits per heavy atom. The molecular formula is C14H20N2O. The second kappa shape index (κ2) is 4.75. The molecule has 1 aromatic rings. The molecule has 1 saturated carbocycles. The van der Waals surface area contributed by atoms with E-state index in [0.29, 0.717) is 18.2 Å². The van der Waals surface area contributed by atoms with Gasteiger partial charge in [-0.05, 0) is 44.2 Å². The first kappa shape index (κ1) is 11.2. The molecule has 3 heteroatoms. The summed E-state index contributed by atoms with van der Waals surface area (Å²) in [5.74, 6) is 0.811. The first-order valence-electron chi connectivity index (χ1n) is 6.63. The molecule has 17 heavy (non-hydrogen) atoms. The van der Waals surface area contributed by atoms with Crippen LogP contribution >= 0.6 is 0 Å². The van der Waals surface area contributed by atoms with Gasteiger partial charge in [-0.15, -0.1) is 0 Å². The van der Waals surface area contributed by atoms with Crippen LogP contribution in [0.1, 0.15) is 37.9 Å². The Labute approximate surface area is 103 Å². The fraction of sp³-hybridized carbons (Fsp3) is 0.643. The predicted octanol–water partition coefficient (Wildman–Crippen LogP) is 2.30. The van der Waals surface area contributed by atoms with Gasteiger partial charge in [0, 0.05) is 24.9 Å².